The van der Waals surface area contributed by atoms with Crippen LogP contribution in [0.4, 0.5) is 0 Å². The van der Waals surface area contributed by atoms with Crippen molar-refractivity contribution in [2.24, 2.45) is 11.8 Å². The first-order valence-corrected chi connectivity index (χ1v) is 6.08. The van der Waals surface area contributed by atoms with Crippen LogP contribution in [0.3, 0.4) is 0 Å². The molecular formula is C13H18O4. The Morgan fingerprint density at radius 2 is 1.88 bits per heavy atom. The molecule has 0 spiro atoms. The summed E-state index contributed by atoms with van der Waals surface area (Å²) in [4.78, 5) is 23.5. The molecule has 17 heavy (non-hydrogen) atoms. The van der Waals surface area contributed by atoms with Crippen LogP contribution in [0.1, 0.15) is 39.5 Å². The Morgan fingerprint density at radius 1 is 1.24 bits per heavy atom. The molecule has 1 saturated heterocycles. The minimum Gasteiger partial charge on any atom is -0.422 e. The lowest BCUT2D eigenvalue weighted by atomic mass is 9.85. The predicted molar refractivity (Wildman–Crippen MR) is 60.9 cm³/mol. The third kappa shape index (κ3) is 2.87. The molecule has 4 nitrogen and oxygen atoms in total. The van der Waals surface area contributed by atoms with Gasteiger partial charge in [0.25, 0.3) is 5.79 Å². The number of carbonyl (C=O) groups excluding carboxylic acids is 2. The Morgan fingerprint density at radius 3 is 2.41 bits per heavy atom. The van der Waals surface area contributed by atoms with Gasteiger partial charge in [0.1, 0.15) is 0 Å². The first kappa shape index (κ1) is 12.1. The molecule has 0 bridgehead atoms. The van der Waals surface area contributed by atoms with Crippen molar-refractivity contribution in [3.05, 3.63) is 12.2 Å². The highest BCUT2D eigenvalue weighted by molar-refractivity contribution is 5.96. The summed E-state index contributed by atoms with van der Waals surface area (Å²) in [5, 5.41) is 0. The number of rotatable bonds is 2. The fourth-order valence-corrected chi connectivity index (χ4v) is 2.34. The maximum absolute atomic E-state index is 11.8. The van der Waals surface area contributed by atoms with E-state index in [9.17, 15) is 9.59 Å². The van der Waals surface area contributed by atoms with Crippen molar-refractivity contribution in [2.45, 2.75) is 45.3 Å². The van der Waals surface area contributed by atoms with E-state index in [0.717, 1.165) is 19.3 Å². The van der Waals surface area contributed by atoms with Crippen molar-refractivity contribution in [2.75, 3.05) is 0 Å². The van der Waals surface area contributed by atoms with Gasteiger partial charge in [-0.15, -0.1) is 0 Å². The maximum atomic E-state index is 11.8. The van der Waals surface area contributed by atoms with Gasteiger partial charge < -0.3 is 9.47 Å². The molecule has 0 aromatic rings. The molecule has 0 N–H and O–H groups in total. The zero-order valence-corrected chi connectivity index (χ0v) is 10.3. The highest BCUT2D eigenvalue weighted by atomic mass is 16.7. The van der Waals surface area contributed by atoms with Gasteiger partial charge in [-0.1, -0.05) is 12.2 Å². The zero-order chi connectivity index (χ0) is 12.5. The second-order valence-corrected chi connectivity index (χ2v) is 5.18. The first-order valence-electron chi connectivity index (χ1n) is 6.08. The Kier molecular flexibility index (Phi) is 3.22. The number of hydrogen-bond acceptors (Lipinski definition) is 4. The fraction of sp³-hybridized carbons (Fsp3) is 0.692. The number of hydrogen-bond donors (Lipinski definition) is 0. The molecule has 1 aliphatic heterocycles. The zero-order valence-electron chi connectivity index (χ0n) is 10.3. The van der Waals surface area contributed by atoms with E-state index in [2.05, 4.69) is 12.2 Å². The lowest BCUT2D eigenvalue weighted by Crippen LogP contribution is -2.46. The normalized spacial score (nSPS) is 28.7. The van der Waals surface area contributed by atoms with E-state index in [0.29, 0.717) is 12.3 Å². The number of ether oxygens (including phenoxy) is 2. The molecule has 0 aromatic carbocycles. The lowest BCUT2D eigenvalue weighted by Gasteiger charge is -2.34. The van der Waals surface area contributed by atoms with Gasteiger partial charge in [0.15, 0.2) is 5.92 Å². The summed E-state index contributed by atoms with van der Waals surface area (Å²) in [7, 11) is 0. The monoisotopic (exact) mass is 238 g/mol. The van der Waals surface area contributed by atoms with Crippen molar-refractivity contribution >= 4 is 11.9 Å². The highest BCUT2D eigenvalue weighted by Crippen LogP contribution is 2.31. The molecule has 94 valence electrons. The van der Waals surface area contributed by atoms with Crippen LogP contribution >= 0.6 is 0 Å². The number of allylic oxidation sites excluding steroid dienone is 2. The van der Waals surface area contributed by atoms with E-state index >= 15 is 0 Å². The van der Waals surface area contributed by atoms with Crippen LogP contribution < -0.4 is 0 Å². The molecule has 1 atom stereocenters. The summed E-state index contributed by atoms with van der Waals surface area (Å²) in [6.07, 6.45) is 7.76. The Hall–Kier alpha value is -1.32. The second-order valence-electron chi connectivity index (χ2n) is 5.18. The van der Waals surface area contributed by atoms with Crippen LogP contribution in [-0.4, -0.2) is 17.7 Å². The van der Waals surface area contributed by atoms with Crippen LogP contribution in [0.5, 0.6) is 0 Å². The summed E-state index contributed by atoms with van der Waals surface area (Å²) >= 11 is 0. The van der Waals surface area contributed by atoms with E-state index in [1.54, 1.807) is 13.8 Å². The quantitative estimate of drug-likeness (QED) is 0.420. The summed E-state index contributed by atoms with van der Waals surface area (Å²) in [6.45, 7) is 3.14. The van der Waals surface area contributed by atoms with Gasteiger partial charge in [0.05, 0.1) is 0 Å². The van der Waals surface area contributed by atoms with Crippen molar-refractivity contribution in [1.29, 1.82) is 0 Å². The minimum atomic E-state index is -1.11. The van der Waals surface area contributed by atoms with Gasteiger partial charge in [-0.05, 0) is 31.6 Å². The molecular weight excluding hydrogens is 220 g/mol. The van der Waals surface area contributed by atoms with E-state index in [1.165, 1.54) is 0 Å². The Balaban J connectivity index is 1.99. The molecule has 2 rings (SSSR count). The van der Waals surface area contributed by atoms with E-state index in [4.69, 9.17) is 9.47 Å². The standard InChI is InChI=1S/C13H18O4/c1-13(2)16-11(14)10(12(15)17-13)8-9-6-4-3-5-7-9/h3-4,9-10H,5-8H2,1-2H3. The van der Waals surface area contributed by atoms with Crippen LogP contribution in [0.25, 0.3) is 0 Å². The number of carbonyl (C=O) groups is 2. The van der Waals surface area contributed by atoms with E-state index in [-0.39, 0.29) is 0 Å². The fourth-order valence-electron chi connectivity index (χ4n) is 2.34. The minimum absolute atomic E-state index is 0.381. The van der Waals surface area contributed by atoms with Gasteiger partial charge in [0, 0.05) is 13.8 Å². The summed E-state index contributed by atoms with van der Waals surface area (Å²) in [6, 6.07) is 0. The molecule has 0 aromatic heterocycles. The smallest absolute Gasteiger partial charge is 0.323 e. The molecule has 1 unspecified atom stereocenters. The Bertz CT molecular complexity index is 336. The highest BCUT2D eigenvalue weighted by Gasteiger charge is 2.43. The molecule has 4 heteroatoms. The summed E-state index contributed by atoms with van der Waals surface area (Å²) in [5.74, 6) is -2.36. The third-order valence-electron chi connectivity index (χ3n) is 3.21. The lowest BCUT2D eigenvalue weighted by molar-refractivity contribution is -0.240. The number of cyclic esters (lactones) is 2. The SMILES string of the molecule is CC1(C)OC(=O)C(CC2CC=CCC2)C(=O)O1. The van der Waals surface area contributed by atoms with E-state index < -0.39 is 23.6 Å². The van der Waals surface area contributed by atoms with Gasteiger partial charge in [0.2, 0.25) is 0 Å². The van der Waals surface area contributed by atoms with E-state index in [1.807, 2.05) is 0 Å². The van der Waals surface area contributed by atoms with Crippen molar-refractivity contribution in [3.8, 4) is 0 Å². The summed E-state index contributed by atoms with van der Waals surface area (Å²) < 4.78 is 10.2. The van der Waals surface area contributed by atoms with Crippen molar-refractivity contribution < 1.29 is 19.1 Å². The van der Waals surface area contributed by atoms with Gasteiger partial charge in [-0.25, -0.2) is 0 Å². The molecule has 0 radical (unpaired) electrons. The molecule has 2 aliphatic rings. The first-order chi connectivity index (χ1) is 7.98. The van der Waals surface area contributed by atoms with Gasteiger partial charge >= 0.3 is 11.9 Å². The van der Waals surface area contributed by atoms with Crippen LogP contribution in [-0.2, 0) is 19.1 Å². The van der Waals surface area contributed by atoms with Gasteiger partial charge in [-0.3, -0.25) is 9.59 Å². The van der Waals surface area contributed by atoms with Crippen LogP contribution in [0.15, 0.2) is 12.2 Å². The second kappa shape index (κ2) is 4.51. The number of esters is 2. The third-order valence-corrected chi connectivity index (χ3v) is 3.21. The maximum Gasteiger partial charge on any atom is 0.323 e. The molecule has 0 amide bonds. The molecule has 1 heterocycles. The molecule has 0 saturated carbocycles. The largest absolute Gasteiger partial charge is 0.422 e. The average molecular weight is 238 g/mol. The topological polar surface area (TPSA) is 52.6 Å². The molecule has 1 fully saturated rings. The van der Waals surface area contributed by atoms with Gasteiger partial charge in [-0.2, -0.15) is 0 Å². The predicted octanol–water partition coefficient (Wildman–Crippen LogP) is 2.19. The Labute approximate surface area is 101 Å². The van der Waals surface area contributed by atoms with Crippen molar-refractivity contribution in [3.63, 3.8) is 0 Å². The average Bonchev–Trinajstić information content (AvgIpc) is 2.24. The van der Waals surface area contributed by atoms with Crippen LogP contribution in [0.2, 0.25) is 0 Å². The summed E-state index contributed by atoms with van der Waals surface area (Å²) in [5.41, 5.74) is 0. The van der Waals surface area contributed by atoms with Crippen LogP contribution in [0, 0.1) is 11.8 Å². The molecule has 1 aliphatic carbocycles. The van der Waals surface area contributed by atoms with Crippen molar-refractivity contribution in [1.82, 2.24) is 0 Å².